The van der Waals surface area contributed by atoms with E-state index < -0.39 is 0 Å². The zero-order valence-electron chi connectivity index (χ0n) is 7.30. The van der Waals surface area contributed by atoms with Crippen LogP contribution in [0.1, 0.15) is 20.8 Å². The third-order valence-electron chi connectivity index (χ3n) is 2.54. The molecule has 60 valence electrons. The van der Waals surface area contributed by atoms with Crippen molar-refractivity contribution in [3.8, 4) is 0 Å². The number of hydrogen-bond donors (Lipinski definition) is 0. The van der Waals surface area contributed by atoms with E-state index in [2.05, 4.69) is 30.6 Å². The van der Waals surface area contributed by atoms with Gasteiger partial charge in [0.25, 0.3) is 0 Å². The lowest BCUT2D eigenvalue weighted by Gasteiger charge is -2.24. The van der Waals surface area contributed by atoms with Crippen LogP contribution < -0.4 is 0 Å². The van der Waals surface area contributed by atoms with Gasteiger partial charge < -0.3 is 0 Å². The first-order chi connectivity index (χ1) is 4.79. The Labute approximate surface area is 63.8 Å². The van der Waals surface area contributed by atoms with Gasteiger partial charge in [0.15, 0.2) is 0 Å². The first kappa shape index (κ1) is 8.02. The molecule has 1 aliphatic heterocycles. The molecule has 0 aliphatic carbocycles. The van der Waals surface area contributed by atoms with Crippen LogP contribution in [0, 0.1) is 0 Å². The first-order valence-corrected chi connectivity index (χ1v) is 4.27. The largest absolute Gasteiger partial charge is 0.287 e. The number of nitrogens with zero attached hydrogens (tertiary/aromatic N) is 2. The van der Waals surface area contributed by atoms with Crippen molar-refractivity contribution < 1.29 is 0 Å². The standard InChI is InChI=1S/C8H18N2/c1-4-9-6-7-10(5-2)8(9)3/h8H,4-7H2,1-3H3. The van der Waals surface area contributed by atoms with Crippen LogP contribution in [0.25, 0.3) is 0 Å². The fraction of sp³-hybridized carbons (Fsp3) is 1.00. The second-order valence-electron chi connectivity index (χ2n) is 2.89. The molecular formula is C8H18N2. The predicted octanol–water partition coefficient (Wildman–Crippen LogP) is 0.990. The highest BCUT2D eigenvalue weighted by Crippen LogP contribution is 2.11. The van der Waals surface area contributed by atoms with Gasteiger partial charge in [-0.1, -0.05) is 13.8 Å². The van der Waals surface area contributed by atoms with Gasteiger partial charge in [-0.25, -0.2) is 0 Å². The van der Waals surface area contributed by atoms with E-state index in [-0.39, 0.29) is 0 Å². The Morgan fingerprint density at radius 3 is 1.70 bits per heavy atom. The molecule has 0 aromatic carbocycles. The van der Waals surface area contributed by atoms with E-state index in [1.807, 2.05) is 0 Å². The van der Waals surface area contributed by atoms with Crippen molar-refractivity contribution in [2.75, 3.05) is 26.2 Å². The van der Waals surface area contributed by atoms with Crippen LogP contribution in [0.15, 0.2) is 0 Å². The van der Waals surface area contributed by atoms with Gasteiger partial charge in [-0.2, -0.15) is 0 Å². The van der Waals surface area contributed by atoms with Crippen LogP contribution in [0.4, 0.5) is 0 Å². The van der Waals surface area contributed by atoms with Crippen molar-refractivity contribution in [1.29, 1.82) is 0 Å². The summed E-state index contributed by atoms with van der Waals surface area (Å²) in [6.45, 7) is 11.7. The van der Waals surface area contributed by atoms with Gasteiger partial charge in [0.2, 0.25) is 0 Å². The molecule has 0 aromatic rings. The fourth-order valence-corrected chi connectivity index (χ4v) is 1.71. The predicted molar refractivity (Wildman–Crippen MR) is 44.0 cm³/mol. The number of likely N-dealkylation sites (N-methyl/N-ethyl adjacent to an activating group) is 2. The van der Waals surface area contributed by atoms with Crippen molar-refractivity contribution >= 4 is 0 Å². The maximum Gasteiger partial charge on any atom is 0.0594 e. The quantitative estimate of drug-likeness (QED) is 0.567. The van der Waals surface area contributed by atoms with Crippen LogP contribution in [0.2, 0.25) is 0 Å². The molecule has 1 rings (SSSR count). The third-order valence-corrected chi connectivity index (χ3v) is 2.54. The first-order valence-electron chi connectivity index (χ1n) is 4.27. The molecule has 1 heterocycles. The molecule has 2 nitrogen and oxygen atoms in total. The average Bonchev–Trinajstić information content (AvgIpc) is 2.30. The van der Waals surface area contributed by atoms with Crippen molar-refractivity contribution in [1.82, 2.24) is 9.80 Å². The molecule has 0 N–H and O–H groups in total. The Balaban J connectivity index is 2.41. The van der Waals surface area contributed by atoms with Gasteiger partial charge in [-0.05, 0) is 20.0 Å². The van der Waals surface area contributed by atoms with Gasteiger partial charge in [-0.3, -0.25) is 9.80 Å². The van der Waals surface area contributed by atoms with Crippen molar-refractivity contribution in [2.24, 2.45) is 0 Å². The van der Waals surface area contributed by atoms with Gasteiger partial charge in [0, 0.05) is 13.1 Å². The highest BCUT2D eigenvalue weighted by Gasteiger charge is 2.24. The molecule has 2 heteroatoms. The van der Waals surface area contributed by atoms with E-state index in [0.717, 1.165) is 0 Å². The highest BCUT2D eigenvalue weighted by atomic mass is 15.4. The summed E-state index contributed by atoms with van der Waals surface area (Å²) in [5.74, 6) is 0. The summed E-state index contributed by atoms with van der Waals surface area (Å²) in [5, 5.41) is 0. The fourth-order valence-electron chi connectivity index (χ4n) is 1.71. The van der Waals surface area contributed by atoms with Gasteiger partial charge in [-0.15, -0.1) is 0 Å². The molecular weight excluding hydrogens is 124 g/mol. The molecule has 0 amide bonds. The van der Waals surface area contributed by atoms with E-state index in [0.29, 0.717) is 6.17 Å². The molecule has 1 aliphatic rings. The molecule has 0 saturated carbocycles. The second kappa shape index (κ2) is 3.35. The maximum atomic E-state index is 2.50. The number of hydrogen-bond acceptors (Lipinski definition) is 2. The van der Waals surface area contributed by atoms with Crippen LogP contribution in [0.3, 0.4) is 0 Å². The molecule has 0 spiro atoms. The van der Waals surface area contributed by atoms with Crippen LogP contribution >= 0.6 is 0 Å². The summed E-state index contributed by atoms with van der Waals surface area (Å²) in [6, 6.07) is 0. The topological polar surface area (TPSA) is 6.48 Å². The zero-order chi connectivity index (χ0) is 7.56. The van der Waals surface area contributed by atoms with Crippen LogP contribution in [-0.2, 0) is 0 Å². The Bertz CT molecular complexity index is 91.4. The minimum atomic E-state index is 0.676. The van der Waals surface area contributed by atoms with Crippen molar-refractivity contribution in [2.45, 2.75) is 26.9 Å². The summed E-state index contributed by atoms with van der Waals surface area (Å²) in [5.41, 5.74) is 0. The number of rotatable bonds is 2. The average molecular weight is 142 g/mol. The minimum absolute atomic E-state index is 0.676. The zero-order valence-corrected chi connectivity index (χ0v) is 7.30. The minimum Gasteiger partial charge on any atom is -0.287 e. The maximum absolute atomic E-state index is 2.50. The van der Waals surface area contributed by atoms with E-state index in [4.69, 9.17) is 0 Å². The van der Waals surface area contributed by atoms with E-state index in [1.165, 1.54) is 26.2 Å². The normalized spacial score (nSPS) is 24.3. The summed E-state index contributed by atoms with van der Waals surface area (Å²) in [4.78, 5) is 5.01. The molecule has 0 radical (unpaired) electrons. The summed E-state index contributed by atoms with van der Waals surface area (Å²) in [7, 11) is 0. The van der Waals surface area contributed by atoms with Crippen molar-refractivity contribution in [3.05, 3.63) is 0 Å². The lowest BCUT2D eigenvalue weighted by molar-refractivity contribution is 0.165. The van der Waals surface area contributed by atoms with Gasteiger partial charge >= 0.3 is 0 Å². The second-order valence-corrected chi connectivity index (χ2v) is 2.89. The lowest BCUT2D eigenvalue weighted by atomic mass is 10.4. The lowest BCUT2D eigenvalue weighted by Crippen LogP contribution is -2.35. The molecule has 0 unspecified atom stereocenters. The summed E-state index contributed by atoms with van der Waals surface area (Å²) in [6.07, 6.45) is 0.676. The molecule has 1 saturated heterocycles. The molecule has 1 fully saturated rings. The van der Waals surface area contributed by atoms with E-state index in [9.17, 15) is 0 Å². The SMILES string of the molecule is CCN1CCN(CC)C1C. The Morgan fingerprint density at radius 1 is 1.10 bits per heavy atom. The Kier molecular flexibility index (Phi) is 2.69. The van der Waals surface area contributed by atoms with Crippen molar-refractivity contribution in [3.63, 3.8) is 0 Å². The molecule has 0 atom stereocenters. The van der Waals surface area contributed by atoms with E-state index >= 15 is 0 Å². The van der Waals surface area contributed by atoms with Gasteiger partial charge in [0.05, 0.1) is 6.17 Å². The van der Waals surface area contributed by atoms with E-state index in [1.54, 1.807) is 0 Å². The smallest absolute Gasteiger partial charge is 0.0594 e. The third kappa shape index (κ3) is 1.32. The Hall–Kier alpha value is -0.0800. The monoisotopic (exact) mass is 142 g/mol. The molecule has 10 heavy (non-hydrogen) atoms. The summed E-state index contributed by atoms with van der Waals surface area (Å²) < 4.78 is 0. The molecule has 0 aromatic heterocycles. The summed E-state index contributed by atoms with van der Waals surface area (Å²) >= 11 is 0. The van der Waals surface area contributed by atoms with Crippen LogP contribution in [-0.4, -0.2) is 42.1 Å². The Morgan fingerprint density at radius 2 is 1.50 bits per heavy atom. The highest BCUT2D eigenvalue weighted by molar-refractivity contribution is 4.76. The van der Waals surface area contributed by atoms with Crippen LogP contribution in [0.5, 0.6) is 0 Å². The molecule has 0 bridgehead atoms. The van der Waals surface area contributed by atoms with Gasteiger partial charge in [0.1, 0.15) is 0 Å².